The topological polar surface area (TPSA) is 142 Å². The number of carboxylic acids is 1. The number of benzene rings is 2. The smallest absolute Gasteiger partial charge is 0.326 e. The predicted molar refractivity (Wildman–Crippen MR) is 222 cm³/mol. The molecule has 57 heavy (non-hydrogen) atoms. The zero-order valence-corrected chi connectivity index (χ0v) is 34.4. The van der Waals surface area contributed by atoms with Crippen molar-refractivity contribution in [2.24, 2.45) is 0 Å². The third kappa shape index (κ3) is 10.5. The maximum atomic E-state index is 14.4. The molecule has 2 aromatic heterocycles. The van der Waals surface area contributed by atoms with Gasteiger partial charge in [0.25, 0.3) is 5.91 Å². The molecule has 11 nitrogen and oxygen atoms in total. The molecular formula is C45H55N5O6S. The number of carbonyl (C=O) groups excluding carboxylic acids is 3. The summed E-state index contributed by atoms with van der Waals surface area (Å²) in [6, 6.07) is 16.7. The van der Waals surface area contributed by atoms with Crippen molar-refractivity contribution in [3.8, 4) is 28.3 Å². The number of hydrogen-bond acceptors (Lipinski definition) is 8. The van der Waals surface area contributed by atoms with Crippen LogP contribution in [0.1, 0.15) is 106 Å². The van der Waals surface area contributed by atoms with E-state index in [2.05, 4.69) is 43.0 Å². The molecule has 3 atom stereocenters. The van der Waals surface area contributed by atoms with Crippen LogP contribution in [0.2, 0.25) is 0 Å². The SMILES string of the molecule is CCCCCCCOc1ccc(-c2cnc(-c3ccc(C[C@H](NC(=O)c4ccc(C(C)(C)C)s4)C(=O)N4CCC[C@H]4C(=O)N4CCCC4C(=O)O)cc3)nc2)cc1. The maximum Gasteiger partial charge on any atom is 0.326 e. The maximum absolute atomic E-state index is 14.4. The molecule has 2 N–H and O–H groups in total. The molecule has 4 heterocycles. The Labute approximate surface area is 339 Å². The summed E-state index contributed by atoms with van der Waals surface area (Å²) in [4.78, 5) is 67.4. The Morgan fingerprint density at radius 3 is 2.12 bits per heavy atom. The van der Waals surface area contributed by atoms with Gasteiger partial charge in [0.1, 0.15) is 23.9 Å². The second kappa shape index (κ2) is 18.9. The summed E-state index contributed by atoms with van der Waals surface area (Å²) in [7, 11) is 0. The Balaban J connectivity index is 1.14. The molecule has 2 fully saturated rings. The van der Waals surface area contributed by atoms with Gasteiger partial charge in [0.2, 0.25) is 11.8 Å². The number of nitrogens with one attached hydrogen (secondary N) is 1. The van der Waals surface area contributed by atoms with Crippen LogP contribution in [0.5, 0.6) is 5.75 Å². The summed E-state index contributed by atoms with van der Waals surface area (Å²) in [5.41, 5.74) is 3.36. The lowest BCUT2D eigenvalue weighted by atomic mass is 9.95. The summed E-state index contributed by atoms with van der Waals surface area (Å²) in [5, 5.41) is 12.7. The first-order chi connectivity index (χ1) is 27.4. The van der Waals surface area contributed by atoms with Gasteiger partial charge in [0.05, 0.1) is 11.5 Å². The summed E-state index contributed by atoms with van der Waals surface area (Å²) < 4.78 is 5.92. The monoisotopic (exact) mass is 793 g/mol. The molecule has 0 aliphatic carbocycles. The van der Waals surface area contributed by atoms with Crippen molar-refractivity contribution in [3.63, 3.8) is 0 Å². The van der Waals surface area contributed by atoms with E-state index < -0.39 is 24.1 Å². The van der Waals surface area contributed by atoms with Crippen LogP contribution in [0.15, 0.2) is 73.1 Å². The van der Waals surface area contributed by atoms with Crippen molar-refractivity contribution in [2.75, 3.05) is 19.7 Å². The van der Waals surface area contributed by atoms with Crippen molar-refractivity contribution in [1.82, 2.24) is 25.1 Å². The highest BCUT2D eigenvalue weighted by molar-refractivity contribution is 7.14. The molecule has 302 valence electrons. The van der Waals surface area contributed by atoms with Crippen molar-refractivity contribution in [2.45, 2.75) is 115 Å². The van der Waals surface area contributed by atoms with Gasteiger partial charge in [-0.15, -0.1) is 11.3 Å². The van der Waals surface area contributed by atoms with E-state index >= 15 is 0 Å². The number of aliphatic carboxylic acids is 1. The average molecular weight is 794 g/mol. The fraction of sp³-hybridized carbons (Fsp3) is 0.467. The van der Waals surface area contributed by atoms with Gasteiger partial charge in [-0.1, -0.05) is 89.8 Å². The third-order valence-corrected chi connectivity index (χ3v) is 12.3. The van der Waals surface area contributed by atoms with Crippen LogP contribution in [-0.2, 0) is 26.2 Å². The van der Waals surface area contributed by atoms with Crippen LogP contribution in [0.25, 0.3) is 22.5 Å². The molecule has 2 aliphatic heterocycles. The Morgan fingerprint density at radius 2 is 1.47 bits per heavy atom. The van der Waals surface area contributed by atoms with Gasteiger partial charge in [-0.2, -0.15) is 0 Å². The summed E-state index contributed by atoms with van der Waals surface area (Å²) in [6.45, 7) is 9.89. The summed E-state index contributed by atoms with van der Waals surface area (Å²) >= 11 is 1.40. The van der Waals surface area contributed by atoms with E-state index in [1.165, 1.54) is 41.9 Å². The molecule has 4 aromatic rings. The quantitative estimate of drug-likeness (QED) is 0.109. The minimum atomic E-state index is -1.03. The van der Waals surface area contributed by atoms with Crippen LogP contribution in [0.3, 0.4) is 0 Å². The highest BCUT2D eigenvalue weighted by Crippen LogP contribution is 2.31. The molecule has 2 aromatic carbocycles. The number of likely N-dealkylation sites (tertiary alicyclic amines) is 2. The van der Waals surface area contributed by atoms with E-state index in [9.17, 15) is 24.3 Å². The highest BCUT2D eigenvalue weighted by atomic mass is 32.1. The Hall–Kier alpha value is -5.10. The van der Waals surface area contributed by atoms with Crippen LogP contribution in [-0.4, -0.2) is 86.4 Å². The fourth-order valence-electron chi connectivity index (χ4n) is 7.55. The minimum Gasteiger partial charge on any atom is -0.494 e. The molecule has 0 saturated carbocycles. The lowest BCUT2D eigenvalue weighted by Gasteiger charge is -2.32. The standard InChI is InChI=1S/C45H55N5O6S/c1-5-6-7-8-9-26-56-34-20-18-31(19-21-34)33-28-46-40(47-29-33)32-16-14-30(15-17-32)27-35(48-41(51)38-22-23-39(57-38)45(2,3)4)42(52)49-24-10-12-36(49)43(53)50-25-11-13-37(50)44(54)55/h14-23,28-29,35-37H,5-13,24-27H2,1-4H3,(H,48,51)(H,54,55)/t35-,36-,37?/m0/s1. The first kappa shape index (κ1) is 41.5. The molecular weight excluding hydrogens is 739 g/mol. The Kier molecular flexibility index (Phi) is 13.8. The number of hydrogen-bond donors (Lipinski definition) is 2. The predicted octanol–water partition coefficient (Wildman–Crippen LogP) is 7.93. The van der Waals surface area contributed by atoms with Crippen molar-refractivity contribution in [3.05, 3.63) is 88.4 Å². The second-order valence-corrected chi connectivity index (χ2v) is 17.2. The molecule has 2 saturated heterocycles. The van der Waals surface area contributed by atoms with Crippen molar-refractivity contribution < 1.29 is 29.0 Å². The first-order valence-electron chi connectivity index (χ1n) is 20.3. The normalized spacial score (nSPS) is 17.4. The first-order valence-corrected chi connectivity index (χ1v) is 21.1. The molecule has 0 spiro atoms. The van der Waals surface area contributed by atoms with E-state index in [1.807, 2.05) is 54.6 Å². The number of nitrogens with zero attached hydrogens (tertiary/aromatic N) is 4. The van der Waals surface area contributed by atoms with E-state index in [-0.39, 0.29) is 29.6 Å². The summed E-state index contributed by atoms with van der Waals surface area (Å²) in [6.07, 6.45) is 11.8. The third-order valence-electron chi connectivity index (χ3n) is 10.8. The van der Waals surface area contributed by atoms with Gasteiger partial charge in [-0.05, 0) is 72.9 Å². The Morgan fingerprint density at radius 1 is 0.825 bits per heavy atom. The number of aromatic nitrogens is 2. The van der Waals surface area contributed by atoms with Crippen molar-refractivity contribution in [1.29, 1.82) is 0 Å². The number of carbonyl (C=O) groups is 4. The molecule has 12 heteroatoms. The van der Waals surface area contributed by atoms with Crippen LogP contribution < -0.4 is 10.1 Å². The highest BCUT2D eigenvalue weighted by Gasteiger charge is 2.43. The van der Waals surface area contributed by atoms with Gasteiger partial charge in [-0.3, -0.25) is 14.4 Å². The van der Waals surface area contributed by atoms with Crippen molar-refractivity contribution >= 4 is 35.0 Å². The molecule has 0 radical (unpaired) electrons. The fourth-order valence-corrected chi connectivity index (χ4v) is 8.52. The minimum absolute atomic E-state index is 0.134. The lowest BCUT2D eigenvalue weighted by molar-refractivity contribution is -0.152. The summed E-state index contributed by atoms with van der Waals surface area (Å²) in [5.74, 6) is -0.678. The number of unbranched alkanes of at least 4 members (excludes halogenated alkanes) is 4. The second-order valence-electron chi connectivity index (χ2n) is 16.1. The van der Waals surface area contributed by atoms with E-state index in [4.69, 9.17) is 4.74 Å². The van der Waals surface area contributed by atoms with E-state index in [1.54, 1.807) is 23.4 Å². The zero-order valence-electron chi connectivity index (χ0n) is 33.5. The zero-order chi connectivity index (χ0) is 40.5. The largest absolute Gasteiger partial charge is 0.494 e. The number of carboxylic acid groups (broad SMARTS) is 1. The molecule has 2 aliphatic rings. The van der Waals surface area contributed by atoms with E-state index in [0.717, 1.165) is 39.3 Å². The van der Waals surface area contributed by atoms with E-state index in [0.29, 0.717) is 56.1 Å². The molecule has 0 bridgehead atoms. The van der Waals surface area contributed by atoms with Crippen LogP contribution in [0.4, 0.5) is 0 Å². The number of rotatable bonds is 16. The van der Waals surface area contributed by atoms with Gasteiger partial charge >= 0.3 is 5.97 Å². The lowest BCUT2D eigenvalue weighted by Crippen LogP contribution is -2.55. The molecule has 3 amide bonds. The van der Waals surface area contributed by atoms with Gasteiger partial charge < -0.3 is 25.0 Å². The number of amides is 3. The van der Waals surface area contributed by atoms with Crippen LogP contribution in [0, 0.1) is 0 Å². The van der Waals surface area contributed by atoms with Gasteiger partial charge in [0.15, 0.2) is 5.82 Å². The molecule has 1 unspecified atom stereocenters. The van der Waals surface area contributed by atoms with Crippen LogP contribution >= 0.6 is 11.3 Å². The average Bonchev–Trinajstić information content (AvgIpc) is 4.01. The number of thiophene rings is 1. The Bertz CT molecular complexity index is 1990. The van der Waals surface area contributed by atoms with Gasteiger partial charge in [0, 0.05) is 47.9 Å². The number of ether oxygens (including phenoxy) is 1. The van der Waals surface area contributed by atoms with Gasteiger partial charge in [-0.25, -0.2) is 14.8 Å². The molecule has 6 rings (SSSR count).